The number of halogens is 3. The molecule has 0 saturated carbocycles. The highest BCUT2D eigenvalue weighted by atomic mass is 19.4. The molecule has 1 aliphatic heterocycles. The van der Waals surface area contributed by atoms with Crippen molar-refractivity contribution in [3.8, 4) is 5.75 Å². The van der Waals surface area contributed by atoms with Crippen LogP contribution in [0.3, 0.4) is 0 Å². The fourth-order valence-electron chi connectivity index (χ4n) is 4.62. The fraction of sp³-hybridized carbons (Fsp3) is 0.462. The first-order valence-electron chi connectivity index (χ1n) is 11.7. The summed E-state index contributed by atoms with van der Waals surface area (Å²) in [4.78, 5) is 18.7. The molecule has 0 bridgehead atoms. The van der Waals surface area contributed by atoms with Crippen LogP contribution in [0.15, 0.2) is 41.6 Å². The van der Waals surface area contributed by atoms with Gasteiger partial charge in [-0.25, -0.2) is 0 Å². The highest BCUT2D eigenvalue weighted by Crippen LogP contribution is 2.40. The second kappa shape index (κ2) is 9.89. The second-order valence-electron chi connectivity index (χ2n) is 9.40. The van der Waals surface area contributed by atoms with Crippen molar-refractivity contribution in [1.29, 1.82) is 0 Å². The van der Waals surface area contributed by atoms with Crippen LogP contribution in [0.2, 0.25) is 0 Å². The Morgan fingerprint density at radius 1 is 1.20 bits per heavy atom. The number of likely N-dealkylation sites (tertiary alicyclic amines) is 1. The number of nitrogens with zero attached hydrogens (tertiary/aromatic N) is 2. The largest absolute Gasteiger partial charge is 0.490 e. The molecule has 0 aromatic heterocycles. The average Bonchev–Trinajstić information content (AvgIpc) is 3.15. The summed E-state index contributed by atoms with van der Waals surface area (Å²) in [7, 11) is 0. The first kappa shape index (κ1) is 25.0. The summed E-state index contributed by atoms with van der Waals surface area (Å²) in [5, 5.41) is 13.2. The first-order valence-corrected chi connectivity index (χ1v) is 11.7. The van der Waals surface area contributed by atoms with E-state index in [9.17, 15) is 18.0 Å². The number of benzene rings is 2. The molecule has 2 aliphatic rings. The summed E-state index contributed by atoms with van der Waals surface area (Å²) in [6, 6.07) is 10.2. The number of carboxylic acid groups (broad SMARTS) is 1. The SMILES string of the molecule is C/C(=N\OCc1ccc(OC(C)C)c(C(F)(F)F)c1)c1ccc2c(c1)CC[C@H]2N1CC(C(=O)O)C1. The maximum Gasteiger partial charge on any atom is 0.419 e. The lowest BCUT2D eigenvalue weighted by molar-refractivity contribution is -0.148. The number of carbonyl (C=O) groups is 1. The smallest absolute Gasteiger partial charge is 0.419 e. The Morgan fingerprint density at radius 3 is 2.60 bits per heavy atom. The summed E-state index contributed by atoms with van der Waals surface area (Å²) in [5.41, 5.74) is 3.44. The summed E-state index contributed by atoms with van der Waals surface area (Å²) >= 11 is 0. The van der Waals surface area contributed by atoms with Crippen LogP contribution < -0.4 is 4.74 Å². The van der Waals surface area contributed by atoms with Gasteiger partial charge in [-0.3, -0.25) is 9.69 Å². The molecule has 35 heavy (non-hydrogen) atoms. The van der Waals surface area contributed by atoms with Crippen molar-refractivity contribution in [3.63, 3.8) is 0 Å². The van der Waals surface area contributed by atoms with Gasteiger partial charge in [0.05, 0.1) is 23.3 Å². The van der Waals surface area contributed by atoms with Gasteiger partial charge >= 0.3 is 12.1 Å². The van der Waals surface area contributed by atoms with E-state index in [1.54, 1.807) is 20.8 Å². The third-order valence-electron chi connectivity index (χ3n) is 6.45. The van der Waals surface area contributed by atoms with E-state index < -0.39 is 17.7 Å². The van der Waals surface area contributed by atoms with Gasteiger partial charge < -0.3 is 14.7 Å². The number of aliphatic carboxylic acids is 1. The van der Waals surface area contributed by atoms with E-state index in [1.165, 1.54) is 23.3 Å². The lowest BCUT2D eigenvalue weighted by atomic mass is 9.95. The zero-order valence-electron chi connectivity index (χ0n) is 19.9. The van der Waals surface area contributed by atoms with E-state index in [0.717, 1.165) is 24.5 Å². The fourth-order valence-corrected chi connectivity index (χ4v) is 4.62. The van der Waals surface area contributed by atoms with E-state index in [0.29, 0.717) is 24.4 Å². The van der Waals surface area contributed by atoms with Crippen LogP contribution in [0.5, 0.6) is 5.75 Å². The highest BCUT2D eigenvalue weighted by Gasteiger charge is 2.39. The molecule has 0 radical (unpaired) electrons. The zero-order valence-corrected chi connectivity index (χ0v) is 19.9. The van der Waals surface area contributed by atoms with Crippen molar-refractivity contribution in [2.24, 2.45) is 11.1 Å². The molecule has 1 fully saturated rings. The van der Waals surface area contributed by atoms with Crippen LogP contribution in [-0.2, 0) is 28.8 Å². The second-order valence-corrected chi connectivity index (χ2v) is 9.40. The van der Waals surface area contributed by atoms with Gasteiger partial charge in [-0.1, -0.05) is 23.4 Å². The van der Waals surface area contributed by atoms with Crippen LogP contribution in [0, 0.1) is 5.92 Å². The quantitative estimate of drug-likeness (QED) is 0.394. The van der Waals surface area contributed by atoms with Gasteiger partial charge in [0.25, 0.3) is 0 Å². The molecule has 2 aromatic carbocycles. The molecule has 0 amide bonds. The molecule has 4 rings (SSSR count). The molecule has 9 heteroatoms. The summed E-state index contributed by atoms with van der Waals surface area (Å²) in [5.74, 6) is -1.23. The number of hydrogen-bond acceptors (Lipinski definition) is 5. The zero-order chi connectivity index (χ0) is 25.3. The van der Waals surface area contributed by atoms with Crippen molar-refractivity contribution >= 4 is 11.7 Å². The number of alkyl halides is 3. The Bertz CT molecular complexity index is 1120. The van der Waals surface area contributed by atoms with E-state index in [2.05, 4.69) is 22.2 Å². The predicted octanol–water partition coefficient (Wildman–Crippen LogP) is 5.44. The number of carboxylic acids is 1. The van der Waals surface area contributed by atoms with Crippen LogP contribution in [0.1, 0.15) is 61.1 Å². The molecule has 0 spiro atoms. The van der Waals surface area contributed by atoms with Crippen LogP contribution in [0.25, 0.3) is 0 Å². The van der Waals surface area contributed by atoms with Gasteiger partial charge in [-0.2, -0.15) is 13.2 Å². The van der Waals surface area contributed by atoms with Gasteiger partial charge in [0.15, 0.2) is 0 Å². The number of hydrogen-bond donors (Lipinski definition) is 1. The Labute approximate surface area is 202 Å². The van der Waals surface area contributed by atoms with Gasteiger partial charge in [-0.05, 0) is 74.1 Å². The Kier molecular flexibility index (Phi) is 7.07. The first-order chi connectivity index (χ1) is 16.5. The molecule has 188 valence electrons. The average molecular weight is 491 g/mol. The van der Waals surface area contributed by atoms with E-state index >= 15 is 0 Å². The summed E-state index contributed by atoms with van der Waals surface area (Å²) < 4.78 is 45.6. The molecule has 1 N–H and O–H groups in total. The molecule has 1 aliphatic carbocycles. The number of fused-ring (bicyclic) bond motifs is 1. The minimum atomic E-state index is -4.54. The number of ether oxygens (including phenoxy) is 1. The minimum absolute atomic E-state index is 0.102. The topological polar surface area (TPSA) is 71.4 Å². The molecule has 0 unspecified atom stereocenters. The van der Waals surface area contributed by atoms with Gasteiger partial charge in [-0.15, -0.1) is 0 Å². The van der Waals surface area contributed by atoms with E-state index in [-0.39, 0.29) is 30.4 Å². The number of rotatable bonds is 8. The van der Waals surface area contributed by atoms with Crippen LogP contribution in [-0.4, -0.2) is 40.9 Å². The number of oxime groups is 1. The lowest BCUT2D eigenvalue weighted by Gasteiger charge is -2.41. The normalized spacial score (nSPS) is 18.9. The Morgan fingerprint density at radius 2 is 1.94 bits per heavy atom. The van der Waals surface area contributed by atoms with Crippen molar-refractivity contribution in [1.82, 2.24) is 4.90 Å². The molecular formula is C26H29F3N2O4. The predicted molar refractivity (Wildman–Crippen MR) is 124 cm³/mol. The third kappa shape index (κ3) is 5.61. The maximum atomic E-state index is 13.4. The van der Waals surface area contributed by atoms with E-state index in [1.807, 2.05) is 6.07 Å². The van der Waals surface area contributed by atoms with E-state index in [4.69, 9.17) is 14.7 Å². The monoisotopic (exact) mass is 490 g/mol. The van der Waals surface area contributed by atoms with Crippen LogP contribution >= 0.6 is 0 Å². The van der Waals surface area contributed by atoms with Gasteiger partial charge in [0, 0.05) is 19.1 Å². The Balaban J connectivity index is 1.40. The van der Waals surface area contributed by atoms with Crippen molar-refractivity contribution in [2.45, 2.75) is 58.5 Å². The molecule has 1 atom stereocenters. The molecular weight excluding hydrogens is 461 g/mol. The van der Waals surface area contributed by atoms with Crippen LogP contribution in [0.4, 0.5) is 13.2 Å². The molecule has 1 heterocycles. The highest BCUT2D eigenvalue weighted by molar-refractivity contribution is 5.98. The minimum Gasteiger partial charge on any atom is -0.490 e. The lowest BCUT2D eigenvalue weighted by Crippen LogP contribution is -2.51. The van der Waals surface area contributed by atoms with Gasteiger partial charge in [0.1, 0.15) is 12.4 Å². The van der Waals surface area contributed by atoms with Gasteiger partial charge in [0.2, 0.25) is 0 Å². The summed E-state index contributed by atoms with van der Waals surface area (Å²) in [6.07, 6.45) is -3.05. The van der Waals surface area contributed by atoms with Crippen molar-refractivity contribution < 1.29 is 32.6 Å². The van der Waals surface area contributed by atoms with Crippen molar-refractivity contribution in [3.05, 3.63) is 64.2 Å². The number of aryl methyl sites for hydroxylation is 1. The standard InChI is InChI=1S/C26H29F3N2O4/c1-15(2)35-24-9-4-17(10-22(24)26(27,28)29)14-34-30-16(3)18-5-7-21-19(11-18)6-8-23(21)31-12-20(13-31)25(32)33/h4-5,7,9-11,15,20,23H,6,8,12-14H2,1-3H3,(H,32,33)/b30-16+/t23-/m1/s1. The Hall–Kier alpha value is -3.07. The molecule has 2 aromatic rings. The summed E-state index contributed by atoms with van der Waals surface area (Å²) in [6.45, 7) is 6.20. The third-order valence-corrected chi connectivity index (χ3v) is 6.45. The molecule has 6 nitrogen and oxygen atoms in total. The van der Waals surface area contributed by atoms with Crippen molar-refractivity contribution in [2.75, 3.05) is 13.1 Å². The maximum absolute atomic E-state index is 13.4. The molecule has 1 saturated heterocycles.